The number of ether oxygens (including phenoxy) is 2. The second-order valence-corrected chi connectivity index (χ2v) is 8.27. The number of hydrogen-bond acceptors (Lipinski definition) is 10. The number of ketones is 1. The largest absolute Gasteiger partial charge is 0.479 e. The maximum absolute atomic E-state index is 13.5. The van der Waals surface area contributed by atoms with Gasteiger partial charge in [-0.15, -0.1) is 0 Å². The average molecular weight is 502 g/mol. The molecule has 2 rings (SSSR count). The van der Waals surface area contributed by atoms with E-state index < -0.39 is 47.3 Å². The molecule has 0 saturated carbocycles. The van der Waals surface area contributed by atoms with Crippen LogP contribution in [0.2, 0.25) is 0 Å². The molecule has 0 aliphatic carbocycles. The first kappa shape index (κ1) is 28.6. The number of hydrogen-bond donors (Lipinski definition) is 5. The number of rotatable bonds is 14. The normalized spacial score (nSPS) is 15.1. The monoisotopic (exact) mass is 501 g/mol. The Morgan fingerprint density at radius 1 is 0.861 bits per heavy atom. The van der Waals surface area contributed by atoms with E-state index in [-0.39, 0.29) is 32.6 Å². The van der Waals surface area contributed by atoms with Crippen LogP contribution in [0.25, 0.3) is 0 Å². The molecule has 0 fully saturated rings. The van der Waals surface area contributed by atoms with Crippen LogP contribution in [0.4, 0.5) is 0 Å². The van der Waals surface area contributed by atoms with Gasteiger partial charge in [0, 0.05) is 0 Å². The van der Waals surface area contributed by atoms with Crippen molar-refractivity contribution in [1.29, 1.82) is 0 Å². The average Bonchev–Trinajstić information content (AvgIpc) is 2.90. The minimum atomic E-state index is -2.98. The van der Waals surface area contributed by atoms with Gasteiger partial charge in [0.05, 0.1) is 12.5 Å². The number of carbonyl (C=O) groups excluding carboxylic acids is 3. The first-order valence-corrected chi connectivity index (χ1v) is 11.2. The summed E-state index contributed by atoms with van der Waals surface area (Å²) in [5.74, 6) is -7.67. The molecule has 194 valence electrons. The molecule has 0 radical (unpaired) electrons. The molecule has 36 heavy (non-hydrogen) atoms. The van der Waals surface area contributed by atoms with Gasteiger partial charge < -0.3 is 36.9 Å². The van der Waals surface area contributed by atoms with Gasteiger partial charge in [-0.2, -0.15) is 0 Å². The lowest BCUT2D eigenvalue weighted by Crippen LogP contribution is -2.73. The van der Waals surface area contributed by atoms with E-state index in [1.54, 1.807) is 60.7 Å². The van der Waals surface area contributed by atoms with Crippen molar-refractivity contribution in [2.75, 3.05) is 13.2 Å². The molecule has 11 heteroatoms. The highest BCUT2D eigenvalue weighted by molar-refractivity contribution is 6.22. The summed E-state index contributed by atoms with van der Waals surface area (Å²) in [6, 6.07) is 17.0. The SMILES string of the molecule is NCCC[C@@H](C(=O)OCc1ccccc1)[C@](N)(C(=O)OCc1ccccc1)C(=O)[C@](N)(CO)C(=O)O. The number of nitrogens with two attached hydrogens (primary N) is 3. The molecule has 0 aliphatic rings. The molecule has 2 aromatic carbocycles. The van der Waals surface area contributed by atoms with E-state index >= 15 is 0 Å². The molecule has 0 unspecified atom stereocenters. The minimum Gasteiger partial charge on any atom is -0.479 e. The number of aliphatic hydroxyl groups excluding tert-OH is 1. The van der Waals surface area contributed by atoms with Crippen LogP contribution in [0.5, 0.6) is 0 Å². The van der Waals surface area contributed by atoms with Gasteiger partial charge in [0.25, 0.3) is 0 Å². The third kappa shape index (κ3) is 6.52. The van der Waals surface area contributed by atoms with E-state index in [0.29, 0.717) is 11.1 Å². The second kappa shape index (κ2) is 12.9. The van der Waals surface area contributed by atoms with Crippen molar-refractivity contribution in [3.8, 4) is 0 Å². The predicted molar refractivity (Wildman–Crippen MR) is 128 cm³/mol. The van der Waals surface area contributed by atoms with Crippen molar-refractivity contribution in [2.24, 2.45) is 23.1 Å². The van der Waals surface area contributed by atoms with Crippen LogP contribution in [0, 0.1) is 5.92 Å². The Balaban J connectivity index is 2.47. The number of carboxylic acid groups (broad SMARTS) is 1. The van der Waals surface area contributed by atoms with Crippen molar-refractivity contribution in [3.63, 3.8) is 0 Å². The van der Waals surface area contributed by atoms with Crippen LogP contribution in [0.3, 0.4) is 0 Å². The second-order valence-electron chi connectivity index (χ2n) is 8.27. The molecule has 0 saturated heterocycles. The molecule has 3 atom stereocenters. The first-order valence-electron chi connectivity index (χ1n) is 11.2. The summed E-state index contributed by atoms with van der Waals surface area (Å²) in [6.45, 7) is -1.83. The molecular weight excluding hydrogens is 470 g/mol. The zero-order chi connectivity index (χ0) is 26.8. The molecule has 0 amide bonds. The minimum absolute atomic E-state index is 0.0680. The van der Waals surface area contributed by atoms with Crippen molar-refractivity contribution in [3.05, 3.63) is 71.8 Å². The topological polar surface area (TPSA) is 205 Å². The zero-order valence-electron chi connectivity index (χ0n) is 19.7. The van der Waals surface area contributed by atoms with E-state index in [4.69, 9.17) is 26.7 Å². The summed E-state index contributed by atoms with van der Waals surface area (Å²) < 4.78 is 10.6. The number of aliphatic carboxylic acids is 1. The third-order valence-corrected chi connectivity index (χ3v) is 5.72. The summed E-state index contributed by atoms with van der Waals surface area (Å²) in [5, 5.41) is 19.2. The number of carbonyl (C=O) groups is 4. The van der Waals surface area contributed by atoms with Crippen LogP contribution >= 0.6 is 0 Å². The van der Waals surface area contributed by atoms with E-state index in [1.165, 1.54) is 0 Å². The Morgan fingerprint density at radius 3 is 1.81 bits per heavy atom. The van der Waals surface area contributed by atoms with E-state index in [9.17, 15) is 29.4 Å². The number of esters is 2. The number of Topliss-reactive ketones (excluding diaryl/α,β-unsaturated/α-hetero) is 1. The molecule has 0 bridgehead atoms. The standard InChI is InChI=1S/C25H31N3O8/c26-13-7-12-19(20(30)35-14-17-8-3-1-4-9-17)25(28,21(31)24(27,16-29)22(32)33)23(34)36-15-18-10-5-2-6-11-18/h1-6,8-11,19,29H,7,12-16,26-28H2,(H,32,33)/t19-,24+,25+/m0/s1. The van der Waals surface area contributed by atoms with Gasteiger partial charge in [-0.3, -0.25) is 9.59 Å². The summed E-state index contributed by atoms with van der Waals surface area (Å²) in [4.78, 5) is 51.8. The Kier molecular flexibility index (Phi) is 10.2. The van der Waals surface area contributed by atoms with Crippen LogP contribution in [-0.4, -0.2) is 58.1 Å². The highest BCUT2D eigenvalue weighted by Crippen LogP contribution is 2.29. The fourth-order valence-electron chi connectivity index (χ4n) is 3.52. The summed E-state index contributed by atoms with van der Waals surface area (Å²) >= 11 is 0. The summed E-state index contributed by atoms with van der Waals surface area (Å²) in [5.41, 5.74) is 12.8. The quantitative estimate of drug-likeness (QED) is 0.170. The Labute approximate surface area is 208 Å². The van der Waals surface area contributed by atoms with Crippen molar-refractivity contribution in [2.45, 2.75) is 37.1 Å². The highest BCUT2D eigenvalue weighted by atomic mass is 16.5. The number of carboxylic acids is 1. The smallest absolute Gasteiger partial charge is 0.335 e. The van der Waals surface area contributed by atoms with E-state index in [0.717, 1.165) is 0 Å². The lowest BCUT2D eigenvalue weighted by molar-refractivity contribution is -0.171. The molecule has 11 nitrogen and oxygen atoms in total. The zero-order valence-corrected chi connectivity index (χ0v) is 19.7. The van der Waals surface area contributed by atoms with Crippen LogP contribution in [0.1, 0.15) is 24.0 Å². The van der Waals surface area contributed by atoms with Gasteiger partial charge in [-0.1, -0.05) is 60.7 Å². The van der Waals surface area contributed by atoms with Crippen molar-refractivity contribution in [1.82, 2.24) is 0 Å². The molecule has 2 aromatic rings. The van der Waals surface area contributed by atoms with Gasteiger partial charge in [0.2, 0.25) is 0 Å². The van der Waals surface area contributed by atoms with Crippen molar-refractivity contribution < 1.29 is 38.9 Å². The predicted octanol–water partition coefficient (Wildman–Crippen LogP) is -0.131. The van der Waals surface area contributed by atoms with Crippen LogP contribution < -0.4 is 17.2 Å². The molecule has 0 aromatic heterocycles. The first-order chi connectivity index (χ1) is 17.1. The van der Waals surface area contributed by atoms with Gasteiger partial charge >= 0.3 is 17.9 Å². The molecule has 8 N–H and O–H groups in total. The van der Waals surface area contributed by atoms with Gasteiger partial charge in [0.15, 0.2) is 16.9 Å². The Bertz CT molecular complexity index is 1050. The van der Waals surface area contributed by atoms with Crippen LogP contribution in [-0.2, 0) is 41.9 Å². The Hall–Kier alpha value is -3.64. The fourth-order valence-corrected chi connectivity index (χ4v) is 3.52. The van der Waals surface area contributed by atoms with Gasteiger partial charge in [-0.05, 0) is 30.5 Å². The molecule has 0 aliphatic heterocycles. The summed E-state index contributed by atoms with van der Waals surface area (Å²) in [6.07, 6.45) is -0.0823. The maximum Gasteiger partial charge on any atom is 0.335 e. The molecule has 0 heterocycles. The lowest BCUT2D eigenvalue weighted by Gasteiger charge is -2.36. The summed E-state index contributed by atoms with van der Waals surface area (Å²) in [7, 11) is 0. The van der Waals surface area contributed by atoms with Gasteiger partial charge in [0.1, 0.15) is 13.2 Å². The third-order valence-electron chi connectivity index (χ3n) is 5.72. The highest BCUT2D eigenvalue weighted by Gasteiger charge is 2.61. The maximum atomic E-state index is 13.5. The molecular formula is C25H31N3O8. The number of aliphatic hydroxyl groups is 1. The van der Waals surface area contributed by atoms with E-state index in [1.807, 2.05) is 0 Å². The lowest BCUT2D eigenvalue weighted by atomic mass is 9.72. The molecule has 0 spiro atoms. The van der Waals surface area contributed by atoms with Crippen molar-refractivity contribution >= 4 is 23.7 Å². The van der Waals surface area contributed by atoms with E-state index in [2.05, 4.69) is 0 Å². The van der Waals surface area contributed by atoms with Gasteiger partial charge in [-0.25, -0.2) is 9.59 Å². The number of benzene rings is 2. The van der Waals surface area contributed by atoms with Crippen LogP contribution in [0.15, 0.2) is 60.7 Å². The Morgan fingerprint density at radius 2 is 1.36 bits per heavy atom. The fraction of sp³-hybridized carbons (Fsp3) is 0.360.